The first-order valence-corrected chi connectivity index (χ1v) is 8.19. The van der Waals surface area contributed by atoms with Crippen LogP contribution in [0.5, 0.6) is 0 Å². The largest absolute Gasteiger partial charge is 0.355 e. The Labute approximate surface area is 125 Å². The molecule has 2 heterocycles. The highest BCUT2D eigenvalue weighted by Crippen LogP contribution is 2.41. The molecule has 1 aromatic heterocycles. The van der Waals surface area contributed by atoms with Crippen LogP contribution in [-0.4, -0.2) is 30.7 Å². The van der Waals surface area contributed by atoms with Gasteiger partial charge in [0.1, 0.15) is 17.5 Å². The molecule has 20 heavy (non-hydrogen) atoms. The molecule has 0 saturated heterocycles. The fourth-order valence-electron chi connectivity index (χ4n) is 1.83. The van der Waals surface area contributed by atoms with E-state index in [1.165, 1.54) is 28.0 Å². The predicted octanol–water partition coefficient (Wildman–Crippen LogP) is 1.97. The second-order valence-corrected chi connectivity index (χ2v) is 6.66. The molecule has 1 aliphatic heterocycles. The zero-order chi connectivity index (χ0) is 14.5. The average molecular weight is 309 g/mol. The minimum atomic E-state index is -0.158. The van der Waals surface area contributed by atoms with Gasteiger partial charge in [-0.2, -0.15) is 5.26 Å². The van der Waals surface area contributed by atoms with Gasteiger partial charge in [-0.1, -0.05) is 13.3 Å². The zero-order valence-electron chi connectivity index (χ0n) is 11.1. The maximum Gasteiger partial charge on any atom is 0.240 e. The van der Waals surface area contributed by atoms with Gasteiger partial charge in [-0.25, -0.2) is 0 Å². The first kappa shape index (κ1) is 14.9. The van der Waals surface area contributed by atoms with Crippen molar-refractivity contribution in [3.8, 4) is 6.07 Å². The number of hydrogen-bond acceptors (Lipinski definition) is 5. The Morgan fingerprint density at radius 1 is 1.60 bits per heavy atom. The molecule has 2 amide bonds. The van der Waals surface area contributed by atoms with E-state index in [9.17, 15) is 9.59 Å². The van der Waals surface area contributed by atoms with E-state index >= 15 is 0 Å². The number of amides is 2. The minimum absolute atomic E-state index is 0.0255. The van der Waals surface area contributed by atoms with Crippen molar-refractivity contribution >= 4 is 40.6 Å². The Hall–Kier alpha value is -1.52. The Bertz CT molecular complexity index is 562. The van der Waals surface area contributed by atoms with Crippen LogP contribution in [0.3, 0.4) is 0 Å². The third-order valence-electron chi connectivity index (χ3n) is 2.86. The van der Waals surface area contributed by atoms with E-state index in [2.05, 4.69) is 18.3 Å². The van der Waals surface area contributed by atoms with Gasteiger partial charge in [-0.3, -0.25) is 9.59 Å². The van der Waals surface area contributed by atoms with Gasteiger partial charge in [-0.05, 0) is 12.5 Å². The summed E-state index contributed by atoms with van der Waals surface area (Å²) in [6.45, 7) is 2.71. The normalized spacial score (nSPS) is 13.8. The van der Waals surface area contributed by atoms with Gasteiger partial charge < -0.3 is 10.2 Å². The van der Waals surface area contributed by atoms with Crippen molar-refractivity contribution in [2.75, 3.05) is 23.7 Å². The van der Waals surface area contributed by atoms with Gasteiger partial charge in [0, 0.05) is 6.54 Å². The summed E-state index contributed by atoms with van der Waals surface area (Å²) < 4.78 is 0.933. The summed E-state index contributed by atoms with van der Waals surface area (Å²) >= 11 is 2.80. The van der Waals surface area contributed by atoms with E-state index in [0.717, 1.165) is 17.1 Å². The molecular formula is C13H15N3O2S2. The fraction of sp³-hybridized carbons (Fsp3) is 0.462. The van der Waals surface area contributed by atoms with Crippen LogP contribution >= 0.6 is 23.1 Å². The third kappa shape index (κ3) is 3.32. The summed E-state index contributed by atoms with van der Waals surface area (Å²) in [7, 11) is 0. The molecule has 0 fully saturated rings. The summed E-state index contributed by atoms with van der Waals surface area (Å²) in [6, 6.07) is 3.77. The molecule has 0 saturated carbocycles. The number of anilines is 1. The highest BCUT2D eigenvalue weighted by atomic mass is 32.2. The molecule has 0 radical (unpaired) electrons. The average Bonchev–Trinajstić information content (AvgIpc) is 2.86. The summed E-state index contributed by atoms with van der Waals surface area (Å²) in [6.07, 6.45) is 1.94. The molecular weight excluding hydrogens is 294 g/mol. The number of thiophene rings is 1. The molecule has 1 aliphatic rings. The molecule has 2 rings (SSSR count). The van der Waals surface area contributed by atoms with Crippen LogP contribution in [0.2, 0.25) is 0 Å². The first-order chi connectivity index (χ1) is 9.65. The van der Waals surface area contributed by atoms with E-state index < -0.39 is 0 Å². The monoisotopic (exact) mass is 309 g/mol. The van der Waals surface area contributed by atoms with E-state index in [1.54, 1.807) is 6.07 Å². The van der Waals surface area contributed by atoms with Gasteiger partial charge in [0.15, 0.2) is 0 Å². The van der Waals surface area contributed by atoms with E-state index in [0.29, 0.717) is 22.9 Å². The van der Waals surface area contributed by atoms with Crippen molar-refractivity contribution in [2.45, 2.75) is 24.0 Å². The molecule has 0 aromatic carbocycles. The van der Waals surface area contributed by atoms with Crippen LogP contribution < -0.4 is 10.2 Å². The maximum absolute atomic E-state index is 12.0. The SMILES string of the molecule is CCCCNC(=O)CN1C(=O)CSc2sc(C#N)cc21. The lowest BCUT2D eigenvalue weighted by molar-refractivity contribution is -0.122. The number of carbonyl (C=O) groups is 2. The van der Waals surface area contributed by atoms with Crippen LogP contribution in [0, 0.1) is 11.3 Å². The number of unbranched alkanes of at least 4 members (excludes halogenated alkanes) is 1. The minimum Gasteiger partial charge on any atom is -0.355 e. The third-order valence-corrected chi connectivity index (χ3v) is 5.15. The zero-order valence-corrected chi connectivity index (χ0v) is 12.8. The summed E-state index contributed by atoms with van der Waals surface area (Å²) in [5, 5.41) is 11.7. The van der Waals surface area contributed by atoms with Crippen LogP contribution in [-0.2, 0) is 9.59 Å². The molecule has 1 aromatic rings. The van der Waals surface area contributed by atoms with Crippen LogP contribution in [0.15, 0.2) is 10.3 Å². The van der Waals surface area contributed by atoms with Crippen molar-refractivity contribution in [3.63, 3.8) is 0 Å². The summed E-state index contributed by atoms with van der Waals surface area (Å²) in [5.74, 6) is 0.0745. The van der Waals surface area contributed by atoms with Crippen molar-refractivity contribution < 1.29 is 9.59 Å². The van der Waals surface area contributed by atoms with Gasteiger partial charge in [0.25, 0.3) is 0 Å². The standard InChI is InChI=1S/C13H15N3O2S2/c1-2-3-4-15-11(17)7-16-10-5-9(6-14)20-13(10)19-8-12(16)18/h5H,2-4,7-8H2,1H3,(H,15,17). The van der Waals surface area contributed by atoms with Gasteiger partial charge in [-0.15, -0.1) is 23.1 Å². The number of nitriles is 1. The van der Waals surface area contributed by atoms with Crippen molar-refractivity contribution in [2.24, 2.45) is 0 Å². The molecule has 0 aliphatic carbocycles. The second kappa shape index (κ2) is 6.77. The molecule has 7 heteroatoms. The Morgan fingerprint density at radius 2 is 2.40 bits per heavy atom. The van der Waals surface area contributed by atoms with Crippen molar-refractivity contribution in [3.05, 3.63) is 10.9 Å². The quantitative estimate of drug-likeness (QED) is 0.844. The van der Waals surface area contributed by atoms with Gasteiger partial charge in [0.05, 0.1) is 15.6 Å². The lowest BCUT2D eigenvalue weighted by atomic mass is 10.3. The Morgan fingerprint density at radius 3 is 3.10 bits per heavy atom. The summed E-state index contributed by atoms with van der Waals surface area (Å²) in [4.78, 5) is 25.9. The number of fused-ring (bicyclic) bond motifs is 1. The number of nitrogens with zero attached hydrogens (tertiary/aromatic N) is 2. The number of rotatable bonds is 5. The number of hydrogen-bond donors (Lipinski definition) is 1. The highest BCUT2D eigenvalue weighted by molar-refractivity contribution is 8.02. The molecule has 106 valence electrons. The van der Waals surface area contributed by atoms with Gasteiger partial charge >= 0.3 is 0 Å². The van der Waals surface area contributed by atoms with Crippen LogP contribution in [0.1, 0.15) is 24.6 Å². The van der Waals surface area contributed by atoms with E-state index in [-0.39, 0.29) is 18.4 Å². The Kier molecular flexibility index (Phi) is 5.04. The second-order valence-electron chi connectivity index (χ2n) is 4.37. The van der Waals surface area contributed by atoms with E-state index in [4.69, 9.17) is 5.26 Å². The molecule has 1 N–H and O–H groups in total. The lowest BCUT2D eigenvalue weighted by Gasteiger charge is -2.25. The van der Waals surface area contributed by atoms with Gasteiger partial charge in [0.2, 0.25) is 11.8 Å². The first-order valence-electron chi connectivity index (χ1n) is 6.39. The lowest BCUT2D eigenvalue weighted by Crippen LogP contribution is -2.43. The van der Waals surface area contributed by atoms with Crippen molar-refractivity contribution in [1.29, 1.82) is 5.26 Å². The highest BCUT2D eigenvalue weighted by Gasteiger charge is 2.28. The number of nitrogens with one attached hydrogen (secondary N) is 1. The predicted molar refractivity (Wildman–Crippen MR) is 80.0 cm³/mol. The summed E-state index contributed by atoms with van der Waals surface area (Å²) in [5.41, 5.74) is 0.693. The number of carbonyl (C=O) groups excluding carboxylic acids is 2. The molecule has 0 bridgehead atoms. The van der Waals surface area contributed by atoms with Crippen molar-refractivity contribution in [1.82, 2.24) is 5.32 Å². The molecule has 0 unspecified atom stereocenters. The smallest absolute Gasteiger partial charge is 0.240 e. The van der Waals surface area contributed by atoms with Crippen LogP contribution in [0.4, 0.5) is 5.69 Å². The molecule has 0 spiro atoms. The van der Waals surface area contributed by atoms with Crippen LogP contribution in [0.25, 0.3) is 0 Å². The number of thioether (sulfide) groups is 1. The maximum atomic E-state index is 12.0. The molecule has 0 atom stereocenters. The topological polar surface area (TPSA) is 73.2 Å². The molecule has 5 nitrogen and oxygen atoms in total. The Balaban J connectivity index is 2.07. The fourth-order valence-corrected chi connectivity index (χ4v) is 3.93. The van der Waals surface area contributed by atoms with E-state index in [1.807, 2.05) is 0 Å².